The van der Waals surface area contributed by atoms with Crippen molar-refractivity contribution in [3.8, 4) is 0 Å². The minimum atomic E-state index is -0.0401. The first-order chi connectivity index (χ1) is 8.87. The Bertz CT molecular complexity index is 283. The number of nitrogens with zero attached hydrogens (tertiary/aromatic N) is 1. The highest BCUT2D eigenvalue weighted by atomic mass is 16.1. The van der Waals surface area contributed by atoms with Crippen molar-refractivity contribution in [2.45, 2.75) is 64.0 Å². The molecular weight excluding hydrogens is 238 g/mol. The number of rotatable bonds is 6. The Balaban J connectivity index is 2.46. The fourth-order valence-electron chi connectivity index (χ4n) is 2.78. The maximum atomic E-state index is 12.0. The molecule has 0 saturated heterocycles. The molecule has 1 aliphatic rings. The summed E-state index contributed by atoms with van der Waals surface area (Å²) in [5.41, 5.74) is 6.10. The predicted molar refractivity (Wildman–Crippen MR) is 79.9 cm³/mol. The molecule has 3 N–H and O–H groups in total. The van der Waals surface area contributed by atoms with Gasteiger partial charge in [-0.1, -0.05) is 33.1 Å². The summed E-state index contributed by atoms with van der Waals surface area (Å²) in [5, 5.41) is 3.10. The Morgan fingerprint density at radius 1 is 1.26 bits per heavy atom. The van der Waals surface area contributed by atoms with Crippen LogP contribution in [0.1, 0.15) is 52.4 Å². The van der Waals surface area contributed by atoms with E-state index in [2.05, 4.69) is 38.2 Å². The van der Waals surface area contributed by atoms with Crippen molar-refractivity contribution in [2.24, 2.45) is 11.7 Å². The highest BCUT2D eigenvalue weighted by Gasteiger charge is 2.34. The number of hydrogen-bond donors (Lipinski definition) is 2. The SMILES string of the molecule is CC(C)C(N)CC(=O)NCC1(N(C)C)CCCCC1. The van der Waals surface area contributed by atoms with Gasteiger partial charge in [-0.25, -0.2) is 0 Å². The highest BCUT2D eigenvalue weighted by Crippen LogP contribution is 2.31. The average Bonchev–Trinajstić information content (AvgIpc) is 2.37. The number of nitrogens with two attached hydrogens (primary N) is 1. The molecule has 0 aliphatic heterocycles. The van der Waals surface area contributed by atoms with Crippen LogP contribution in [0, 0.1) is 5.92 Å². The first-order valence-electron chi connectivity index (χ1n) is 7.57. The van der Waals surface area contributed by atoms with Crippen LogP contribution in [0.3, 0.4) is 0 Å². The number of likely N-dealkylation sites (N-methyl/N-ethyl adjacent to an activating group) is 1. The molecule has 0 heterocycles. The Labute approximate surface area is 118 Å². The smallest absolute Gasteiger partial charge is 0.221 e. The van der Waals surface area contributed by atoms with Crippen molar-refractivity contribution in [3.05, 3.63) is 0 Å². The number of carbonyl (C=O) groups is 1. The van der Waals surface area contributed by atoms with Gasteiger partial charge in [0.25, 0.3) is 0 Å². The Hall–Kier alpha value is -0.610. The lowest BCUT2D eigenvalue weighted by Gasteiger charge is -2.43. The van der Waals surface area contributed by atoms with Crippen molar-refractivity contribution >= 4 is 5.91 Å². The highest BCUT2D eigenvalue weighted by molar-refractivity contribution is 5.76. The van der Waals surface area contributed by atoms with E-state index < -0.39 is 0 Å². The van der Waals surface area contributed by atoms with Crippen LogP contribution in [-0.2, 0) is 4.79 Å². The lowest BCUT2D eigenvalue weighted by atomic mass is 9.80. The van der Waals surface area contributed by atoms with E-state index in [0.29, 0.717) is 12.3 Å². The van der Waals surface area contributed by atoms with E-state index in [-0.39, 0.29) is 17.5 Å². The quantitative estimate of drug-likeness (QED) is 0.772. The first kappa shape index (κ1) is 16.4. The molecule has 19 heavy (non-hydrogen) atoms. The standard InChI is InChI=1S/C15H31N3O/c1-12(2)13(16)10-14(19)17-11-15(18(3)4)8-6-5-7-9-15/h12-13H,5-11,16H2,1-4H3,(H,17,19). The van der Waals surface area contributed by atoms with Crippen LogP contribution in [0.15, 0.2) is 0 Å². The lowest BCUT2D eigenvalue weighted by molar-refractivity contribution is -0.122. The Morgan fingerprint density at radius 3 is 2.32 bits per heavy atom. The molecule has 0 aromatic heterocycles. The predicted octanol–water partition coefficient (Wildman–Crippen LogP) is 1.74. The van der Waals surface area contributed by atoms with Crippen molar-refractivity contribution in [3.63, 3.8) is 0 Å². The number of nitrogens with one attached hydrogen (secondary N) is 1. The molecule has 1 unspecified atom stereocenters. The summed E-state index contributed by atoms with van der Waals surface area (Å²) in [6.07, 6.45) is 6.63. The molecule has 4 nitrogen and oxygen atoms in total. The van der Waals surface area contributed by atoms with E-state index in [1.54, 1.807) is 0 Å². The monoisotopic (exact) mass is 269 g/mol. The Morgan fingerprint density at radius 2 is 1.84 bits per heavy atom. The van der Waals surface area contributed by atoms with Gasteiger partial charge in [0.1, 0.15) is 0 Å². The molecule has 0 spiro atoms. The van der Waals surface area contributed by atoms with Gasteiger partial charge in [-0.2, -0.15) is 0 Å². The fraction of sp³-hybridized carbons (Fsp3) is 0.933. The fourth-order valence-corrected chi connectivity index (χ4v) is 2.78. The van der Waals surface area contributed by atoms with E-state index in [9.17, 15) is 4.79 Å². The average molecular weight is 269 g/mol. The molecule has 1 fully saturated rings. The van der Waals surface area contributed by atoms with Crippen LogP contribution >= 0.6 is 0 Å². The van der Waals surface area contributed by atoms with Crippen LogP contribution in [-0.4, -0.2) is 43.0 Å². The molecule has 112 valence electrons. The maximum Gasteiger partial charge on any atom is 0.221 e. The molecule has 1 amide bonds. The molecule has 0 aromatic carbocycles. The van der Waals surface area contributed by atoms with Crippen LogP contribution in [0.5, 0.6) is 0 Å². The van der Waals surface area contributed by atoms with E-state index in [4.69, 9.17) is 5.73 Å². The largest absolute Gasteiger partial charge is 0.354 e. The summed E-state index contributed by atoms with van der Waals surface area (Å²) in [5.74, 6) is 0.441. The molecule has 1 rings (SSSR count). The molecular formula is C15H31N3O. The summed E-state index contributed by atoms with van der Waals surface area (Å²) < 4.78 is 0. The van der Waals surface area contributed by atoms with Crippen molar-refractivity contribution < 1.29 is 4.79 Å². The van der Waals surface area contributed by atoms with Crippen LogP contribution in [0.2, 0.25) is 0 Å². The summed E-state index contributed by atoms with van der Waals surface area (Å²) in [4.78, 5) is 14.2. The van der Waals surface area contributed by atoms with E-state index in [1.807, 2.05) is 0 Å². The van der Waals surface area contributed by atoms with Gasteiger partial charge in [0, 0.05) is 24.5 Å². The number of amides is 1. The van der Waals surface area contributed by atoms with Gasteiger partial charge < -0.3 is 16.0 Å². The van der Waals surface area contributed by atoms with Gasteiger partial charge in [-0.15, -0.1) is 0 Å². The molecule has 0 bridgehead atoms. The third-order valence-corrected chi connectivity index (χ3v) is 4.62. The zero-order chi connectivity index (χ0) is 14.5. The summed E-state index contributed by atoms with van der Waals surface area (Å²) in [7, 11) is 4.24. The molecule has 1 aliphatic carbocycles. The minimum absolute atomic E-state index is 0.0401. The summed E-state index contributed by atoms with van der Waals surface area (Å²) in [6, 6.07) is -0.0401. The lowest BCUT2D eigenvalue weighted by Crippen LogP contribution is -2.54. The minimum Gasteiger partial charge on any atom is -0.354 e. The van der Waals surface area contributed by atoms with Crippen molar-refractivity contribution in [2.75, 3.05) is 20.6 Å². The molecule has 0 radical (unpaired) electrons. The third-order valence-electron chi connectivity index (χ3n) is 4.62. The number of carbonyl (C=O) groups excluding carboxylic acids is 1. The summed E-state index contributed by atoms with van der Waals surface area (Å²) in [6.45, 7) is 4.87. The van der Waals surface area contributed by atoms with Crippen LogP contribution in [0.4, 0.5) is 0 Å². The van der Waals surface area contributed by atoms with Gasteiger partial charge in [-0.3, -0.25) is 4.79 Å². The second-order valence-electron chi connectivity index (χ2n) is 6.57. The third kappa shape index (κ3) is 4.77. The van der Waals surface area contributed by atoms with Gasteiger partial charge in [0.05, 0.1) is 0 Å². The molecule has 4 heteroatoms. The zero-order valence-electron chi connectivity index (χ0n) is 13.0. The van der Waals surface area contributed by atoms with E-state index >= 15 is 0 Å². The second-order valence-corrected chi connectivity index (χ2v) is 6.57. The molecule has 0 aromatic rings. The maximum absolute atomic E-state index is 12.0. The van der Waals surface area contributed by atoms with Gasteiger partial charge in [0.15, 0.2) is 0 Å². The van der Waals surface area contributed by atoms with Gasteiger partial charge in [0.2, 0.25) is 5.91 Å². The van der Waals surface area contributed by atoms with Crippen LogP contribution in [0.25, 0.3) is 0 Å². The molecule has 1 atom stereocenters. The van der Waals surface area contributed by atoms with Gasteiger partial charge >= 0.3 is 0 Å². The normalized spacial score (nSPS) is 20.6. The molecule has 1 saturated carbocycles. The van der Waals surface area contributed by atoms with Crippen molar-refractivity contribution in [1.82, 2.24) is 10.2 Å². The van der Waals surface area contributed by atoms with Gasteiger partial charge in [-0.05, 0) is 32.9 Å². The Kier molecular flexibility index (Phi) is 6.27. The topological polar surface area (TPSA) is 58.4 Å². The van der Waals surface area contributed by atoms with Crippen LogP contribution < -0.4 is 11.1 Å². The zero-order valence-corrected chi connectivity index (χ0v) is 13.0. The number of hydrogen-bond acceptors (Lipinski definition) is 3. The van der Waals surface area contributed by atoms with E-state index in [0.717, 1.165) is 6.54 Å². The second kappa shape index (κ2) is 7.25. The first-order valence-corrected chi connectivity index (χ1v) is 7.57. The van der Waals surface area contributed by atoms with E-state index in [1.165, 1.54) is 32.1 Å². The van der Waals surface area contributed by atoms with Crippen molar-refractivity contribution in [1.29, 1.82) is 0 Å². The summed E-state index contributed by atoms with van der Waals surface area (Å²) >= 11 is 0.